The van der Waals surface area contributed by atoms with Gasteiger partial charge in [-0.3, -0.25) is 4.79 Å². The zero-order valence-corrected chi connectivity index (χ0v) is 18.3. The molecule has 0 spiro atoms. The lowest BCUT2D eigenvalue weighted by Gasteiger charge is -2.38. The number of anilines is 1. The van der Waals surface area contributed by atoms with Crippen LogP contribution in [0.5, 0.6) is 5.75 Å². The van der Waals surface area contributed by atoms with E-state index in [9.17, 15) is 4.79 Å². The van der Waals surface area contributed by atoms with Crippen molar-refractivity contribution >= 4 is 11.6 Å². The maximum Gasteiger partial charge on any atom is 0.251 e. The van der Waals surface area contributed by atoms with Gasteiger partial charge in [-0.15, -0.1) is 0 Å². The average molecular weight is 425 g/mol. The van der Waals surface area contributed by atoms with E-state index in [2.05, 4.69) is 59.2 Å². The standard InChI is InChI=1S/C28H28N2O2/c1-2-29-28(31)20-15-16-25-24(17-20)21-12-8-13-22(21)27(30-25)23-11-6-7-14-26(23)32-18-19-9-4-3-5-10-19/h3-12,14-17,21-22,27,30H,2,13,18H2,1H3,(H,29,31). The number of rotatable bonds is 6. The molecule has 5 rings (SSSR count). The van der Waals surface area contributed by atoms with E-state index in [-0.39, 0.29) is 17.9 Å². The molecular formula is C28H28N2O2. The van der Waals surface area contributed by atoms with Crippen molar-refractivity contribution in [2.24, 2.45) is 5.92 Å². The summed E-state index contributed by atoms with van der Waals surface area (Å²) in [4.78, 5) is 12.4. The molecule has 0 fully saturated rings. The molecule has 3 aromatic carbocycles. The average Bonchev–Trinajstić information content (AvgIpc) is 3.33. The first-order chi connectivity index (χ1) is 15.7. The Morgan fingerprint density at radius 1 is 1.03 bits per heavy atom. The Hall–Kier alpha value is -3.53. The third kappa shape index (κ3) is 3.89. The molecule has 3 unspecified atom stereocenters. The van der Waals surface area contributed by atoms with Crippen LogP contribution in [0.25, 0.3) is 0 Å². The number of carbonyl (C=O) groups is 1. The molecular weight excluding hydrogens is 396 g/mol. The first-order valence-electron chi connectivity index (χ1n) is 11.4. The van der Waals surface area contributed by atoms with Gasteiger partial charge in [-0.05, 0) is 54.7 Å². The van der Waals surface area contributed by atoms with E-state index in [1.165, 1.54) is 11.1 Å². The molecule has 162 valence electrons. The third-order valence-corrected chi connectivity index (χ3v) is 6.45. The number of benzene rings is 3. The van der Waals surface area contributed by atoms with Crippen molar-refractivity contribution in [1.29, 1.82) is 0 Å². The number of ether oxygens (including phenoxy) is 1. The van der Waals surface area contributed by atoms with Gasteiger partial charge in [0.2, 0.25) is 0 Å². The fourth-order valence-electron chi connectivity index (χ4n) is 4.91. The molecule has 4 nitrogen and oxygen atoms in total. The van der Waals surface area contributed by atoms with E-state index < -0.39 is 0 Å². The smallest absolute Gasteiger partial charge is 0.251 e. The Kier molecular flexibility index (Phi) is 5.68. The largest absolute Gasteiger partial charge is 0.489 e. The lowest BCUT2D eigenvalue weighted by atomic mass is 9.76. The van der Waals surface area contributed by atoms with E-state index in [0.717, 1.165) is 29.0 Å². The maximum absolute atomic E-state index is 12.4. The Morgan fingerprint density at radius 2 is 1.84 bits per heavy atom. The highest BCUT2D eigenvalue weighted by Gasteiger charge is 2.39. The molecule has 1 heterocycles. The zero-order valence-electron chi connectivity index (χ0n) is 18.3. The molecule has 1 amide bonds. The van der Waals surface area contributed by atoms with Crippen molar-refractivity contribution in [1.82, 2.24) is 5.32 Å². The highest BCUT2D eigenvalue weighted by molar-refractivity contribution is 5.95. The molecule has 0 bridgehead atoms. The highest BCUT2D eigenvalue weighted by atomic mass is 16.5. The minimum atomic E-state index is -0.0180. The van der Waals surface area contributed by atoms with Crippen LogP contribution in [0.15, 0.2) is 84.9 Å². The van der Waals surface area contributed by atoms with Crippen LogP contribution in [-0.2, 0) is 6.61 Å². The van der Waals surface area contributed by atoms with Gasteiger partial charge in [0, 0.05) is 29.3 Å². The second-order valence-corrected chi connectivity index (χ2v) is 8.45. The molecule has 0 radical (unpaired) electrons. The third-order valence-electron chi connectivity index (χ3n) is 6.45. The van der Waals surface area contributed by atoms with Crippen LogP contribution in [0, 0.1) is 5.92 Å². The first-order valence-corrected chi connectivity index (χ1v) is 11.4. The number of allylic oxidation sites excluding steroid dienone is 2. The van der Waals surface area contributed by atoms with Crippen LogP contribution in [0.3, 0.4) is 0 Å². The summed E-state index contributed by atoms with van der Waals surface area (Å²) in [5.41, 5.74) is 5.35. The second kappa shape index (κ2) is 8.91. The summed E-state index contributed by atoms with van der Waals surface area (Å²) in [6.07, 6.45) is 5.57. The number of hydrogen-bond donors (Lipinski definition) is 2. The van der Waals surface area contributed by atoms with E-state index in [1.54, 1.807) is 0 Å². The Bertz CT molecular complexity index is 1140. The number of nitrogens with one attached hydrogen (secondary N) is 2. The Balaban J connectivity index is 1.45. The van der Waals surface area contributed by atoms with Crippen LogP contribution < -0.4 is 15.4 Å². The molecule has 4 heteroatoms. The van der Waals surface area contributed by atoms with Gasteiger partial charge < -0.3 is 15.4 Å². The van der Waals surface area contributed by atoms with E-state index in [4.69, 9.17) is 4.74 Å². The van der Waals surface area contributed by atoms with Gasteiger partial charge in [0.25, 0.3) is 5.91 Å². The van der Waals surface area contributed by atoms with Gasteiger partial charge in [-0.1, -0.05) is 60.7 Å². The number of amides is 1. The van der Waals surface area contributed by atoms with Crippen LogP contribution in [0.4, 0.5) is 5.69 Å². The van der Waals surface area contributed by atoms with Crippen LogP contribution in [0.2, 0.25) is 0 Å². The monoisotopic (exact) mass is 424 g/mol. The Labute approximate surface area is 189 Å². The van der Waals surface area contributed by atoms with E-state index in [0.29, 0.717) is 19.1 Å². The van der Waals surface area contributed by atoms with Gasteiger partial charge in [0.1, 0.15) is 12.4 Å². The molecule has 0 saturated heterocycles. The lowest BCUT2D eigenvalue weighted by Crippen LogP contribution is -2.30. The van der Waals surface area contributed by atoms with Gasteiger partial charge >= 0.3 is 0 Å². The summed E-state index contributed by atoms with van der Waals surface area (Å²) in [5.74, 6) is 1.57. The SMILES string of the molecule is CCNC(=O)c1ccc2c(c1)C1C=CCC1C(c1ccccc1OCc1ccccc1)N2. The van der Waals surface area contributed by atoms with Crippen molar-refractivity contribution in [2.45, 2.75) is 31.9 Å². The maximum atomic E-state index is 12.4. The van der Waals surface area contributed by atoms with Crippen molar-refractivity contribution in [3.8, 4) is 5.75 Å². The first kappa shape index (κ1) is 20.4. The van der Waals surface area contributed by atoms with Crippen LogP contribution >= 0.6 is 0 Å². The summed E-state index contributed by atoms with van der Waals surface area (Å²) in [7, 11) is 0. The van der Waals surface area contributed by atoms with Gasteiger partial charge in [0.15, 0.2) is 0 Å². The zero-order chi connectivity index (χ0) is 21.9. The Morgan fingerprint density at radius 3 is 2.69 bits per heavy atom. The van der Waals surface area contributed by atoms with E-state index >= 15 is 0 Å². The predicted molar refractivity (Wildman–Crippen MR) is 128 cm³/mol. The quantitative estimate of drug-likeness (QED) is 0.489. The van der Waals surface area contributed by atoms with Crippen LogP contribution in [-0.4, -0.2) is 12.5 Å². The van der Waals surface area contributed by atoms with Crippen molar-refractivity contribution < 1.29 is 9.53 Å². The van der Waals surface area contributed by atoms with Gasteiger partial charge in [-0.25, -0.2) is 0 Å². The summed E-state index contributed by atoms with van der Waals surface area (Å²) in [6.45, 7) is 3.11. The minimum Gasteiger partial charge on any atom is -0.489 e. The van der Waals surface area contributed by atoms with E-state index in [1.807, 2.05) is 43.3 Å². The summed E-state index contributed by atoms with van der Waals surface area (Å²) >= 11 is 0. The number of para-hydroxylation sites is 1. The normalized spacial score (nSPS) is 20.7. The molecule has 0 saturated carbocycles. The van der Waals surface area contributed by atoms with Crippen LogP contribution in [0.1, 0.15) is 52.4 Å². The highest BCUT2D eigenvalue weighted by Crippen LogP contribution is 2.51. The minimum absolute atomic E-state index is 0.0180. The molecule has 0 aromatic heterocycles. The van der Waals surface area contributed by atoms with Crippen molar-refractivity contribution in [3.05, 3.63) is 107 Å². The van der Waals surface area contributed by atoms with Crippen molar-refractivity contribution in [3.63, 3.8) is 0 Å². The number of hydrogen-bond acceptors (Lipinski definition) is 3. The predicted octanol–water partition coefficient (Wildman–Crippen LogP) is 5.84. The number of fused-ring (bicyclic) bond motifs is 3. The van der Waals surface area contributed by atoms with Gasteiger partial charge in [-0.2, -0.15) is 0 Å². The fraction of sp³-hybridized carbons (Fsp3) is 0.250. The molecule has 1 aliphatic heterocycles. The summed E-state index contributed by atoms with van der Waals surface area (Å²) in [6, 6.07) is 24.7. The molecule has 1 aliphatic carbocycles. The van der Waals surface area contributed by atoms with Gasteiger partial charge in [0.05, 0.1) is 6.04 Å². The molecule has 3 atom stereocenters. The topological polar surface area (TPSA) is 50.4 Å². The molecule has 32 heavy (non-hydrogen) atoms. The van der Waals surface area contributed by atoms with Crippen molar-refractivity contribution in [2.75, 3.05) is 11.9 Å². The summed E-state index contributed by atoms with van der Waals surface area (Å²) < 4.78 is 6.28. The summed E-state index contributed by atoms with van der Waals surface area (Å²) in [5, 5.41) is 6.67. The number of carbonyl (C=O) groups excluding carboxylic acids is 1. The molecule has 2 aliphatic rings. The fourth-order valence-corrected chi connectivity index (χ4v) is 4.91. The second-order valence-electron chi connectivity index (χ2n) is 8.45. The molecule has 3 aromatic rings. The molecule has 2 N–H and O–H groups in total. The lowest BCUT2D eigenvalue weighted by molar-refractivity contribution is 0.0955.